The summed E-state index contributed by atoms with van der Waals surface area (Å²) in [5.41, 5.74) is -0.105. The summed E-state index contributed by atoms with van der Waals surface area (Å²) in [6.07, 6.45) is 0. The number of carbonyl (C=O) groups is 1. The lowest BCUT2D eigenvalue weighted by Crippen LogP contribution is -2.38. The standard InChI is InChI=1S/C19H19NO4/c1-19(22,17-11-14-5-3-4-6-16(14)24-17)12-20-18(21)13-7-9-15(23-2)10-8-13/h3-11,22H,12H2,1-2H3,(H,20,21)/t19-/m0/s1. The van der Waals surface area contributed by atoms with Crippen LogP contribution < -0.4 is 10.1 Å². The fourth-order valence-corrected chi connectivity index (χ4v) is 2.43. The van der Waals surface area contributed by atoms with E-state index in [0.717, 1.165) is 5.39 Å². The summed E-state index contributed by atoms with van der Waals surface area (Å²) in [5, 5.41) is 14.3. The van der Waals surface area contributed by atoms with E-state index < -0.39 is 5.60 Å². The average Bonchev–Trinajstić information content (AvgIpc) is 3.05. The predicted molar refractivity (Wildman–Crippen MR) is 91.1 cm³/mol. The zero-order valence-corrected chi connectivity index (χ0v) is 13.6. The zero-order valence-electron chi connectivity index (χ0n) is 13.6. The molecule has 1 amide bonds. The second-order valence-electron chi connectivity index (χ2n) is 5.83. The van der Waals surface area contributed by atoms with Crippen LogP contribution in [0.15, 0.2) is 59.0 Å². The van der Waals surface area contributed by atoms with Crippen LogP contribution in [-0.4, -0.2) is 24.7 Å². The van der Waals surface area contributed by atoms with Crippen molar-refractivity contribution in [2.24, 2.45) is 0 Å². The fourth-order valence-electron chi connectivity index (χ4n) is 2.43. The van der Waals surface area contributed by atoms with Crippen molar-refractivity contribution < 1.29 is 19.1 Å². The van der Waals surface area contributed by atoms with E-state index in [4.69, 9.17) is 9.15 Å². The van der Waals surface area contributed by atoms with Crippen molar-refractivity contribution in [2.75, 3.05) is 13.7 Å². The molecule has 24 heavy (non-hydrogen) atoms. The van der Waals surface area contributed by atoms with E-state index in [1.54, 1.807) is 44.4 Å². The van der Waals surface area contributed by atoms with Gasteiger partial charge in [0.15, 0.2) is 0 Å². The van der Waals surface area contributed by atoms with E-state index in [2.05, 4.69) is 5.32 Å². The van der Waals surface area contributed by atoms with Gasteiger partial charge in [-0.15, -0.1) is 0 Å². The van der Waals surface area contributed by atoms with Gasteiger partial charge in [0.1, 0.15) is 22.7 Å². The first kappa shape index (κ1) is 16.1. The lowest BCUT2D eigenvalue weighted by Gasteiger charge is -2.21. The quantitative estimate of drug-likeness (QED) is 0.756. The number of benzene rings is 2. The van der Waals surface area contributed by atoms with E-state index >= 15 is 0 Å². The molecule has 0 radical (unpaired) electrons. The lowest BCUT2D eigenvalue weighted by atomic mass is 10.0. The number of fused-ring (bicyclic) bond motifs is 1. The molecule has 0 aliphatic carbocycles. The largest absolute Gasteiger partial charge is 0.497 e. The van der Waals surface area contributed by atoms with Gasteiger partial charge < -0.3 is 19.6 Å². The van der Waals surface area contributed by atoms with Crippen molar-refractivity contribution in [3.05, 3.63) is 65.9 Å². The summed E-state index contributed by atoms with van der Waals surface area (Å²) < 4.78 is 10.7. The number of nitrogens with one attached hydrogen (secondary N) is 1. The molecule has 0 bridgehead atoms. The third kappa shape index (κ3) is 3.26. The first-order valence-corrected chi connectivity index (χ1v) is 7.63. The maximum atomic E-state index is 12.2. The van der Waals surface area contributed by atoms with Gasteiger partial charge in [-0.05, 0) is 43.3 Å². The van der Waals surface area contributed by atoms with E-state index in [0.29, 0.717) is 22.7 Å². The second-order valence-corrected chi connectivity index (χ2v) is 5.83. The Balaban J connectivity index is 1.70. The van der Waals surface area contributed by atoms with Crippen molar-refractivity contribution >= 4 is 16.9 Å². The molecule has 124 valence electrons. The number of hydrogen-bond donors (Lipinski definition) is 2. The lowest BCUT2D eigenvalue weighted by molar-refractivity contribution is 0.0344. The minimum Gasteiger partial charge on any atom is -0.497 e. The summed E-state index contributed by atoms with van der Waals surface area (Å²) in [4.78, 5) is 12.2. The molecule has 1 atom stereocenters. The van der Waals surface area contributed by atoms with Crippen molar-refractivity contribution in [3.8, 4) is 5.75 Å². The van der Waals surface area contributed by atoms with Crippen LogP contribution in [0.25, 0.3) is 11.0 Å². The summed E-state index contributed by atoms with van der Waals surface area (Å²) in [7, 11) is 1.57. The number of amides is 1. The second kappa shape index (κ2) is 6.37. The maximum Gasteiger partial charge on any atom is 0.251 e. The molecule has 0 saturated heterocycles. The number of para-hydroxylation sites is 1. The summed E-state index contributed by atoms with van der Waals surface area (Å²) in [5.74, 6) is 0.827. The number of hydrogen-bond acceptors (Lipinski definition) is 4. The highest BCUT2D eigenvalue weighted by Gasteiger charge is 2.28. The Kier molecular flexibility index (Phi) is 4.27. The minimum absolute atomic E-state index is 0.0394. The number of carbonyl (C=O) groups excluding carboxylic acids is 1. The van der Waals surface area contributed by atoms with Gasteiger partial charge in [0.25, 0.3) is 5.91 Å². The molecule has 0 fully saturated rings. The number of rotatable bonds is 5. The molecule has 0 aliphatic heterocycles. The van der Waals surface area contributed by atoms with Gasteiger partial charge in [-0.3, -0.25) is 4.79 Å². The molecular weight excluding hydrogens is 306 g/mol. The number of aliphatic hydroxyl groups is 1. The molecule has 3 aromatic rings. The number of furan rings is 1. The molecule has 1 heterocycles. The SMILES string of the molecule is COc1ccc(C(=O)NC[C@](C)(O)c2cc3ccccc3o2)cc1. The van der Waals surface area contributed by atoms with Crippen molar-refractivity contribution in [1.29, 1.82) is 0 Å². The molecule has 0 unspecified atom stereocenters. The van der Waals surface area contributed by atoms with Gasteiger partial charge in [-0.25, -0.2) is 0 Å². The third-order valence-electron chi connectivity index (χ3n) is 3.90. The normalized spacial score (nSPS) is 13.5. The van der Waals surface area contributed by atoms with E-state index in [-0.39, 0.29) is 12.5 Å². The smallest absolute Gasteiger partial charge is 0.251 e. The van der Waals surface area contributed by atoms with Crippen LogP contribution in [0.4, 0.5) is 0 Å². The Morgan fingerprint density at radius 2 is 1.92 bits per heavy atom. The van der Waals surface area contributed by atoms with Crippen LogP contribution in [0, 0.1) is 0 Å². The molecule has 0 aliphatic rings. The summed E-state index contributed by atoms with van der Waals surface area (Å²) >= 11 is 0. The molecule has 2 aromatic carbocycles. The molecule has 0 saturated carbocycles. The molecule has 0 spiro atoms. The minimum atomic E-state index is -1.30. The van der Waals surface area contributed by atoms with Crippen molar-refractivity contribution in [2.45, 2.75) is 12.5 Å². The number of ether oxygens (including phenoxy) is 1. The van der Waals surface area contributed by atoms with Crippen LogP contribution in [0.1, 0.15) is 23.0 Å². The van der Waals surface area contributed by atoms with E-state index in [1.807, 2.05) is 24.3 Å². The van der Waals surface area contributed by atoms with E-state index in [1.165, 1.54) is 0 Å². The van der Waals surface area contributed by atoms with Gasteiger partial charge in [0.05, 0.1) is 13.7 Å². The molecule has 5 nitrogen and oxygen atoms in total. The number of methoxy groups -OCH3 is 1. The summed E-state index contributed by atoms with van der Waals surface area (Å²) in [6, 6.07) is 16.1. The van der Waals surface area contributed by atoms with E-state index in [9.17, 15) is 9.90 Å². The summed E-state index contributed by atoms with van der Waals surface area (Å²) in [6.45, 7) is 1.65. The maximum absolute atomic E-state index is 12.2. The topological polar surface area (TPSA) is 71.7 Å². The fraction of sp³-hybridized carbons (Fsp3) is 0.211. The average molecular weight is 325 g/mol. The van der Waals surface area contributed by atoms with Crippen LogP contribution in [0.2, 0.25) is 0 Å². The Labute approximate surface area is 139 Å². The highest BCUT2D eigenvalue weighted by molar-refractivity contribution is 5.94. The Hall–Kier alpha value is -2.79. The van der Waals surface area contributed by atoms with Crippen LogP contribution in [0.3, 0.4) is 0 Å². The van der Waals surface area contributed by atoms with Crippen LogP contribution in [0.5, 0.6) is 5.75 Å². The Morgan fingerprint density at radius 3 is 2.58 bits per heavy atom. The zero-order chi connectivity index (χ0) is 17.2. The molecule has 2 N–H and O–H groups in total. The van der Waals surface area contributed by atoms with Gasteiger partial charge in [0.2, 0.25) is 0 Å². The van der Waals surface area contributed by atoms with Crippen molar-refractivity contribution in [3.63, 3.8) is 0 Å². The van der Waals surface area contributed by atoms with Gasteiger partial charge in [-0.1, -0.05) is 18.2 Å². The molecular formula is C19H19NO4. The Bertz CT molecular complexity index is 816. The van der Waals surface area contributed by atoms with Gasteiger partial charge in [-0.2, -0.15) is 0 Å². The molecule has 5 heteroatoms. The first-order chi connectivity index (χ1) is 11.5. The predicted octanol–water partition coefficient (Wildman–Crippen LogP) is 3.08. The van der Waals surface area contributed by atoms with Gasteiger partial charge in [0, 0.05) is 10.9 Å². The highest BCUT2D eigenvalue weighted by atomic mass is 16.5. The third-order valence-corrected chi connectivity index (χ3v) is 3.90. The van der Waals surface area contributed by atoms with Crippen LogP contribution in [-0.2, 0) is 5.60 Å². The van der Waals surface area contributed by atoms with Crippen LogP contribution >= 0.6 is 0 Å². The van der Waals surface area contributed by atoms with Gasteiger partial charge >= 0.3 is 0 Å². The Morgan fingerprint density at radius 1 is 1.21 bits per heavy atom. The monoisotopic (exact) mass is 325 g/mol. The first-order valence-electron chi connectivity index (χ1n) is 7.63. The molecule has 3 rings (SSSR count). The molecule has 1 aromatic heterocycles. The van der Waals surface area contributed by atoms with Crippen molar-refractivity contribution in [1.82, 2.24) is 5.32 Å². The highest BCUT2D eigenvalue weighted by Crippen LogP contribution is 2.27.